The first-order valence-electron chi connectivity index (χ1n) is 8.35. The van der Waals surface area contributed by atoms with Gasteiger partial charge in [-0.1, -0.05) is 68.5 Å². The van der Waals surface area contributed by atoms with Crippen LogP contribution in [0.4, 0.5) is 5.69 Å². The van der Waals surface area contributed by atoms with Gasteiger partial charge in [-0.3, -0.25) is 4.90 Å². The first-order chi connectivity index (χ1) is 11.1. The van der Waals surface area contributed by atoms with Crippen molar-refractivity contribution >= 4 is 5.69 Å². The molecule has 0 saturated heterocycles. The predicted octanol–water partition coefficient (Wildman–Crippen LogP) is 5.16. The Kier molecular flexibility index (Phi) is 5.62. The molecule has 122 valence electrons. The molecule has 0 aliphatic heterocycles. The summed E-state index contributed by atoms with van der Waals surface area (Å²) in [5.74, 6) is 0. The van der Waals surface area contributed by atoms with E-state index in [2.05, 4.69) is 93.1 Å². The van der Waals surface area contributed by atoms with Gasteiger partial charge in [-0.05, 0) is 44.8 Å². The molecule has 0 heterocycles. The van der Waals surface area contributed by atoms with E-state index in [9.17, 15) is 0 Å². The van der Waals surface area contributed by atoms with E-state index < -0.39 is 0 Å². The molecule has 0 fully saturated rings. The van der Waals surface area contributed by atoms with Crippen LogP contribution >= 0.6 is 0 Å². The van der Waals surface area contributed by atoms with Crippen LogP contribution in [0.2, 0.25) is 0 Å². The second-order valence-electron chi connectivity index (χ2n) is 5.99. The normalized spacial score (nSPS) is 13.6. The summed E-state index contributed by atoms with van der Waals surface area (Å²) in [6.07, 6.45) is 2.75. The molecule has 2 heteroatoms. The molecular weight excluding hydrogens is 280 g/mol. The van der Waals surface area contributed by atoms with E-state index in [1.807, 2.05) is 0 Å². The fourth-order valence-electron chi connectivity index (χ4n) is 3.47. The second-order valence-corrected chi connectivity index (χ2v) is 5.99. The van der Waals surface area contributed by atoms with Crippen molar-refractivity contribution in [3.05, 3.63) is 78.0 Å². The predicted molar refractivity (Wildman–Crippen MR) is 101 cm³/mol. The molecule has 2 aromatic carbocycles. The van der Waals surface area contributed by atoms with Crippen LogP contribution in [-0.4, -0.2) is 18.5 Å². The summed E-state index contributed by atoms with van der Waals surface area (Å²) < 4.78 is 0. The monoisotopic (exact) mass is 308 g/mol. The molecule has 1 unspecified atom stereocenters. The fourth-order valence-corrected chi connectivity index (χ4v) is 3.47. The molecule has 2 nitrogen and oxygen atoms in total. The molecule has 0 saturated carbocycles. The first-order valence-corrected chi connectivity index (χ1v) is 8.35. The average molecular weight is 308 g/mol. The van der Waals surface area contributed by atoms with Crippen LogP contribution in [0.3, 0.4) is 0 Å². The highest BCUT2D eigenvalue weighted by Crippen LogP contribution is 2.42. The SMILES string of the molecule is C=CNc1ccc(C)cc1C(CC)(c1ccccc1)N(C)CC. The highest BCUT2D eigenvalue weighted by atomic mass is 15.2. The molecule has 2 aromatic rings. The quantitative estimate of drug-likeness (QED) is 0.760. The molecule has 1 N–H and O–H groups in total. The van der Waals surface area contributed by atoms with Crippen molar-refractivity contribution in [1.29, 1.82) is 0 Å². The lowest BCUT2D eigenvalue weighted by Crippen LogP contribution is -2.44. The summed E-state index contributed by atoms with van der Waals surface area (Å²) in [6.45, 7) is 11.4. The zero-order chi connectivity index (χ0) is 16.9. The minimum Gasteiger partial charge on any atom is -0.362 e. The van der Waals surface area contributed by atoms with Crippen LogP contribution in [0.1, 0.15) is 37.0 Å². The van der Waals surface area contributed by atoms with Gasteiger partial charge in [-0.2, -0.15) is 0 Å². The van der Waals surface area contributed by atoms with Crippen molar-refractivity contribution in [2.75, 3.05) is 18.9 Å². The van der Waals surface area contributed by atoms with E-state index in [1.165, 1.54) is 16.7 Å². The molecule has 0 amide bonds. The maximum atomic E-state index is 3.84. The highest BCUT2D eigenvalue weighted by Gasteiger charge is 2.37. The van der Waals surface area contributed by atoms with Crippen molar-refractivity contribution in [2.45, 2.75) is 32.7 Å². The summed E-state index contributed by atoms with van der Waals surface area (Å²) in [7, 11) is 2.20. The number of benzene rings is 2. The standard InChI is InChI=1S/C21H28N2/c1-6-21(23(5)8-3,18-12-10-9-11-13-18)19-16-17(4)14-15-20(19)22-7-2/h7,9-16,22H,2,6,8H2,1,3-5H3. The Morgan fingerprint density at radius 2 is 1.83 bits per heavy atom. The minimum atomic E-state index is -0.159. The van der Waals surface area contributed by atoms with E-state index in [4.69, 9.17) is 0 Å². The minimum absolute atomic E-state index is 0.159. The van der Waals surface area contributed by atoms with E-state index in [0.717, 1.165) is 18.7 Å². The van der Waals surface area contributed by atoms with Crippen molar-refractivity contribution in [1.82, 2.24) is 4.90 Å². The van der Waals surface area contributed by atoms with Crippen molar-refractivity contribution < 1.29 is 0 Å². The Morgan fingerprint density at radius 1 is 1.13 bits per heavy atom. The van der Waals surface area contributed by atoms with Crippen molar-refractivity contribution in [2.24, 2.45) is 0 Å². The number of hydrogen-bond donors (Lipinski definition) is 1. The lowest BCUT2D eigenvalue weighted by Gasteiger charge is -2.43. The molecule has 0 aliphatic rings. The Labute approximate surface area is 140 Å². The second kappa shape index (κ2) is 7.47. The molecule has 0 radical (unpaired) electrons. The van der Waals surface area contributed by atoms with Gasteiger partial charge in [0.2, 0.25) is 0 Å². The van der Waals surface area contributed by atoms with E-state index in [1.54, 1.807) is 6.20 Å². The Hall–Kier alpha value is -2.06. The Morgan fingerprint density at radius 3 is 2.39 bits per heavy atom. The fraction of sp³-hybridized carbons (Fsp3) is 0.333. The molecular formula is C21H28N2. The number of hydrogen-bond acceptors (Lipinski definition) is 2. The summed E-state index contributed by atoms with van der Waals surface area (Å²) in [6, 6.07) is 17.4. The van der Waals surface area contributed by atoms with Crippen LogP contribution in [0.15, 0.2) is 61.3 Å². The third-order valence-electron chi connectivity index (χ3n) is 4.77. The van der Waals surface area contributed by atoms with E-state index >= 15 is 0 Å². The third-order valence-corrected chi connectivity index (χ3v) is 4.77. The number of nitrogens with one attached hydrogen (secondary N) is 1. The lowest BCUT2D eigenvalue weighted by molar-refractivity contribution is 0.162. The topological polar surface area (TPSA) is 15.3 Å². The van der Waals surface area contributed by atoms with Crippen LogP contribution < -0.4 is 5.32 Å². The Bertz CT molecular complexity index is 648. The zero-order valence-electron chi connectivity index (χ0n) is 14.8. The smallest absolute Gasteiger partial charge is 0.0730 e. The number of rotatable bonds is 7. The van der Waals surface area contributed by atoms with Gasteiger partial charge < -0.3 is 5.32 Å². The summed E-state index contributed by atoms with van der Waals surface area (Å²) in [5, 5.41) is 3.33. The molecule has 0 aliphatic carbocycles. The van der Waals surface area contributed by atoms with E-state index in [0.29, 0.717) is 0 Å². The zero-order valence-corrected chi connectivity index (χ0v) is 14.8. The van der Waals surface area contributed by atoms with Crippen molar-refractivity contribution in [3.63, 3.8) is 0 Å². The number of nitrogens with zero attached hydrogens (tertiary/aromatic N) is 1. The van der Waals surface area contributed by atoms with Crippen LogP contribution in [0, 0.1) is 6.92 Å². The van der Waals surface area contributed by atoms with Crippen molar-refractivity contribution in [3.8, 4) is 0 Å². The van der Waals surface area contributed by atoms with Crippen LogP contribution in [-0.2, 0) is 5.54 Å². The van der Waals surface area contributed by atoms with Gasteiger partial charge >= 0.3 is 0 Å². The molecule has 0 bridgehead atoms. The molecule has 0 aromatic heterocycles. The molecule has 2 rings (SSSR count). The van der Waals surface area contributed by atoms with Gasteiger partial charge in [-0.25, -0.2) is 0 Å². The van der Waals surface area contributed by atoms with Gasteiger partial charge in [0.1, 0.15) is 0 Å². The molecule has 0 spiro atoms. The largest absolute Gasteiger partial charge is 0.362 e. The number of aryl methyl sites for hydroxylation is 1. The summed E-state index contributed by atoms with van der Waals surface area (Å²) >= 11 is 0. The van der Waals surface area contributed by atoms with Gasteiger partial charge in [-0.15, -0.1) is 0 Å². The molecule has 23 heavy (non-hydrogen) atoms. The third kappa shape index (κ3) is 3.18. The summed E-state index contributed by atoms with van der Waals surface area (Å²) in [4.78, 5) is 2.44. The first kappa shape index (κ1) is 17.3. The average Bonchev–Trinajstić information content (AvgIpc) is 2.59. The maximum absolute atomic E-state index is 3.84. The highest BCUT2D eigenvalue weighted by molar-refractivity contribution is 5.60. The van der Waals surface area contributed by atoms with Gasteiger partial charge in [0.05, 0.1) is 5.54 Å². The van der Waals surface area contributed by atoms with Gasteiger partial charge in [0, 0.05) is 11.3 Å². The van der Waals surface area contributed by atoms with Crippen LogP contribution in [0.25, 0.3) is 0 Å². The van der Waals surface area contributed by atoms with Gasteiger partial charge in [0.25, 0.3) is 0 Å². The Balaban J connectivity index is 2.77. The van der Waals surface area contributed by atoms with Crippen LogP contribution in [0.5, 0.6) is 0 Å². The van der Waals surface area contributed by atoms with Gasteiger partial charge in [0.15, 0.2) is 0 Å². The number of anilines is 1. The lowest BCUT2D eigenvalue weighted by atomic mass is 9.78. The summed E-state index contributed by atoms with van der Waals surface area (Å²) in [5.41, 5.74) is 4.86. The molecule has 1 atom stereocenters. The maximum Gasteiger partial charge on any atom is 0.0730 e. The van der Waals surface area contributed by atoms with E-state index in [-0.39, 0.29) is 5.54 Å².